The molecule has 194 valence electrons. The lowest BCUT2D eigenvalue weighted by Crippen LogP contribution is -2.30. The van der Waals surface area contributed by atoms with Crippen LogP contribution in [0.4, 0.5) is 5.69 Å². The van der Waals surface area contributed by atoms with E-state index < -0.39 is 5.97 Å². The molecule has 9 heteroatoms. The van der Waals surface area contributed by atoms with Crippen LogP contribution >= 0.6 is 12.2 Å². The predicted molar refractivity (Wildman–Crippen MR) is 150 cm³/mol. The Kier molecular flexibility index (Phi) is 6.77. The number of carbonyl (C=O) groups is 1. The molecule has 2 aromatic heterocycles. The van der Waals surface area contributed by atoms with Crippen LogP contribution in [0.5, 0.6) is 11.5 Å². The van der Waals surface area contributed by atoms with Crippen LogP contribution in [0.1, 0.15) is 45.1 Å². The molecule has 4 aromatic rings. The maximum absolute atomic E-state index is 11.6. The van der Waals surface area contributed by atoms with Gasteiger partial charge in [0.1, 0.15) is 11.5 Å². The third-order valence-electron chi connectivity index (χ3n) is 6.88. The molecule has 2 aromatic carbocycles. The number of carboxylic acid groups (broad SMARTS) is 1. The number of nitrogens with one attached hydrogen (secondary N) is 1. The SMILES string of the molecule is COc1ccc(OC)c(N2C(=S)N[C@H](c3ccccn3)[C@@H]2c2cc(C)n(-c3cccc(C(=O)O)c3)c2C)c1. The Hall–Kier alpha value is -4.37. The van der Waals surface area contributed by atoms with Crippen LogP contribution in [0.25, 0.3) is 5.69 Å². The number of carboxylic acids is 1. The van der Waals surface area contributed by atoms with Crippen molar-refractivity contribution in [2.75, 3.05) is 19.1 Å². The summed E-state index contributed by atoms with van der Waals surface area (Å²) in [5.74, 6) is 0.371. The zero-order valence-electron chi connectivity index (χ0n) is 21.5. The Labute approximate surface area is 226 Å². The van der Waals surface area contributed by atoms with Crippen LogP contribution < -0.4 is 19.7 Å². The summed E-state index contributed by atoms with van der Waals surface area (Å²) in [5, 5.41) is 13.6. The summed E-state index contributed by atoms with van der Waals surface area (Å²) in [4.78, 5) is 18.3. The molecule has 38 heavy (non-hydrogen) atoms. The van der Waals surface area contributed by atoms with Gasteiger partial charge >= 0.3 is 5.97 Å². The lowest BCUT2D eigenvalue weighted by Gasteiger charge is -2.29. The second-order valence-corrected chi connectivity index (χ2v) is 9.44. The van der Waals surface area contributed by atoms with Crippen molar-refractivity contribution < 1.29 is 19.4 Å². The lowest BCUT2D eigenvalue weighted by molar-refractivity contribution is 0.0697. The van der Waals surface area contributed by atoms with Gasteiger partial charge in [-0.2, -0.15) is 0 Å². The van der Waals surface area contributed by atoms with E-state index in [9.17, 15) is 9.90 Å². The molecule has 8 nitrogen and oxygen atoms in total. The second kappa shape index (κ2) is 10.2. The van der Waals surface area contributed by atoms with Crippen LogP contribution in [0.2, 0.25) is 0 Å². The number of hydrogen-bond donors (Lipinski definition) is 2. The maximum Gasteiger partial charge on any atom is 0.335 e. The van der Waals surface area contributed by atoms with Gasteiger partial charge < -0.3 is 29.4 Å². The zero-order chi connectivity index (χ0) is 27.0. The van der Waals surface area contributed by atoms with Crippen molar-refractivity contribution >= 4 is 29.0 Å². The molecule has 0 bridgehead atoms. The standard InChI is InChI=1S/C29H28N4O4S/c1-17-14-22(18(2)32(17)20-9-7-8-19(15-20)28(34)35)27-26(23-10-5-6-13-30-23)31-29(38)33(27)24-16-21(36-3)11-12-25(24)37-4/h5-16,26-27H,1-4H3,(H,31,38)(H,34,35)/t26-,27+/m1/s1. The van der Waals surface area contributed by atoms with Crippen LogP contribution in [0.3, 0.4) is 0 Å². The molecule has 0 saturated carbocycles. The average molecular weight is 529 g/mol. The van der Waals surface area contributed by atoms with Crippen molar-refractivity contribution in [3.63, 3.8) is 0 Å². The number of aromatic carboxylic acids is 1. The smallest absolute Gasteiger partial charge is 0.335 e. The number of ether oxygens (including phenoxy) is 2. The largest absolute Gasteiger partial charge is 0.497 e. The fourth-order valence-electron chi connectivity index (χ4n) is 5.18. The lowest BCUT2D eigenvalue weighted by atomic mass is 9.96. The molecule has 1 fully saturated rings. The van der Waals surface area contributed by atoms with Gasteiger partial charge in [0.2, 0.25) is 0 Å². The summed E-state index contributed by atoms with van der Waals surface area (Å²) in [7, 11) is 3.25. The molecule has 0 aliphatic carbocycles. The summed E-state index contributed by atoms with van der Waals surface area (Å²) < 4.78 is 13.3. The maximum atomic E-state index is 11.6. The van der Waals surface area contributed by atoms with E-state index in [1.54, 1.807) is 38.6 Å². The molecule has 2 atom stereocenters. The number of pyridine rings is 1. The van der Waals surface area contributed by atoms with Crippen molar-refractivity contribution in [2.45, 2.75) is 25.9 Å². The number of rotatable bonds is 7. The number of thiocarbonyl (C=S) groups is 1. The fourth-order valence-corrected chi connectivity index (χ4v) is 5.52. The number of hydrogen-bond acceptors (Lipinski definition) is 5. The van der Waals surface area contributed by atoms with E-state index in [4.69, 9.17) is 21.7 Å². The molecular formula is C29H28N4O4S. The van der Waals surface area contributed by atoms with Gasteiger partial charge in [-0.25, -0.2) is 4.79 Å². The Balaban J connectivity index is 1.71. The van der Waals surface area contributed by atoms with Crippen molar-refractivity contribution in [1.82, 2.24) is 14.9 Å². The van der Waals surface area contributed by atoms with Crippen LogP contribution in [0.15, 0.2) is 72.9 Å². The van der Waals surface area contributed by atoms with E-state index in [0.717, 1.165) is 34.0 Å². The number of benzene rings is 2. The van der Waals surface area contributed by atoms with Crippen molar-refractivity contribution in [2.24, 2.45) is 0 Å². The highest BCUT2D eigenvalue weighted by atomic mass is 32.1. The first-order valence-corrected chi connectivity index (χ1v) is 12.5. The van der Waals surface area contributed by atoms with E-state index >= 15 is 0 Å². The molecule has 3 heterocycles. The van der Waals surface area contributed by atoms with Crippen LogP contribution in [0, 0.1) is 13.8 Å². The number of anilines is 1. The van der Waals surface area contributed by atoms with Gasteiger partial charge in [0.15, 0.2) is 5.11 Å². The summed E-state index contributed by atoms with van der Waals surface area (Å²) in [5.41, 5.74) is 5.59. The van der Waals surface area contributed by atoms with Crippen LogP contribution in [-0.2, 0) is 0 Å². The molecule has 0 radical (unpaired) electrons. The quantitative estimate of drug-likeness (QED) is 0.309. The minimum Gasteiger partial charge on any atom is -0.497 e. The minimum atomic E-state index is -0.966. The topological polar surface area (TPSA) is 88.9 Å². The monoisotopic (exact) mass is 528 g/mol. The third kappa shape index (κ3) is 4.35. The van der Waals surface area contributed by atoms with Gasteiger partial charge in [0.25, 0.3) is 0 Å². The Morgan fingerprint density at radius 3 is 2.53 bits per heavy atom. The summed E-state index contributed by atoms with van der Waals surface area (Å²) >= 11 is 5.90. The molecule has 1 aliphatic heterocycles. The van der Waals surface area contributed by atoms with Gasteiger partial charge in [-0.3, -0.25) is 4.98 Å². The summed E-state index contributed by atoms with van der Waals surface area (Å²) in [6.45, 7) is 4.05. The van der Waals surface area contributed by atoms with E-state index in [0.29, 0.717) is 16.6 Å². The number of aryl methyl sites for hydroxylation is 1. The van der Waals surface area contributed by atoms with Gasteiger partial charge in [-0.1, -0.05) is 12.1 Å². The number of aromatic nitrogens is 2. The highest BCUT2D eigenvalue weighted by Crippen LogP contribution is 2.47. The molecule has 1 saturated heterocycles. The van der Waals surface area contributed by atoms with Gasteiger partial charge in [0.05, 0.1) is 43.2 Å². The van der Waals surface area contributed by atoms with Crippen molar-refractivity contribution in [3.05, 3.63) is 101 Å². The highest BCUT2D eigenvalue weighted by Gasteiger charge is 2.43. The van der Waals surface area contributed by atoms with E-state index in [-0.39, 0.29) is 17.6 Å². The summed E-state index contributed by atoms with van der Waals surface area (Å²) in [6, 6.07) is 20.0. The van der Waals surface area contributed by atoms with E-state index in [2.05, 4.69) is 25.8 Å². The minimum absolute atomic E-state index is 0.231. The van der Waals surface area contributed by atoms with Crippen molar-refractivity contribution in [1.29, 1.82) is 0 Å². The fraction of sp³-hybridized carbons (Fsp3) is 0.207. The normalized spacial score (nSPS) is 16.8. The predicted octanol–water partition coefficient (Wildman–Crippen LogP) is 5.38. The second-order valence-electron chi connectivity index (χ2n) is 9.05. The molecule has 1 aliphatic rings. The van der Waals surface area contributed by atoms with E-state index in [1.807, 2.05) is 56.3 Å². The highest BCUT2D eigenvalue weighted by molar-refractivity contribution is 7.80. The molecular weight excluding hydrogens is 500 g/mol. The Morgan fingerprint density at radius 1 is 1.03 bits per heavy atom. The summed E-state index contributed by atoms with van der Waals surface area (Å²) in [6.07, 6.45) is 1.77. The molecule has 5 rings (SSSR count). The van der Waals surface area contributed by atoms with Gasteiger partial charge in [-0.15, -0.1) is 0 Å². The molecule has 0 amide bonds. The van der Waals surface area contributed by atoms with Crippen LogP contribution in [-0.4, -0.2) is 40.0 Å². The first-order valence-electron chi connectivity index (χ1n) is 12.1. The molecule has 0 spiro atoms. The van der Waals surface area contributed by atoms with Gasteiger partial charge in [-0.05, 0) is 80.2 Å². The molecule has 0 unspecified atom stereocenters. The molecule has 2 N–H and O–H groups in total. The van der Waals surface area contributed by atoms with Crippen molar-refractivity contribution in [3.8, 4) is 17.2 Å². The Morgan fingerprint density at radius 2 is 1.84 bits per heavy atom. The Bertz CT molecular complexity index is 1520. The number of nitrogens with zero attached hydrogens (tertiary/aromatic N) is 3. The number of methoxy groups -OCH3 is 2. The third-order valence-corrected chi connectivity index (χ3v) is 7.20. The zero-order valence-corrected chi connectivity index (χ0v) is 22.3. The first kappa shape index (κ1) is 25.3. The first-order chi connectivity index (χ1) is 18.3. The van der Waals surface area contributed by atoms with E-state index in [1.165, 1.54) is 0 Å². The van der Waals surface area contributed by atoms with Gasteiger partial charge in [0, 0.05) is 29.3 Å². The average Bonchev–Trinajstić information content (AvgIpc) is 3.43.